The topological polar surface area (TPSA) is 51.2 Å². The maximum atomic E-state index is 12.6. The van der Waals surface area contributed by atoms with Gasteiger partial charge in [-0.2, -0.15) is 0 Å². The number of carbonyl (C=O) groups is 3. The molecule has 2 aliphatic rings. The van der Waals surface area contributed by atoms with E-state index < -0.39 is 17.5 Å². The van der Waals surface area contributed by atoms with E-state index >= 15 is 0 Å². The van der Waals surface area contributed by atoms with E-state index in [1.807, 2.05) is 6.92 Å². The average molecular weight is 256 g/mol. The largest absolute Gasteiger partial charge is 0.293 e. The van der Waals surface area contributed by atoms with Crippen LogP contribution in [0.5, 0.6) is 0 Å². The van der Waals surface area contributed by atoms with Crippen molar-refractivity contribution in [2.24, 2.45) is 11.3 Å². The summed E-state index contributed by atoms with van der Waals surface area (Å²) in [6, 6.07) is 6.66. The van der Waals surface area contributed by atoms with Crippen molar-refractivity contribution in [3.8, 4) is 0 Å². The molecule has 0 bridgehead atoms. The summed E-state index contributed by atoms with van der Waals surface area (Å²) in [4.78, 5) is 37.1. The molecular formula is C16H16O3. The number of carbonyl (C=O) groups excluding carboxylic acids is 3. The molecule has 2 aliphatic carbocycles. The molecule has 1 aromatic rings. The Kier molecular flexibility index (Phi) is 2.66. The van der Waals surface area contributed by atoms with Crippen LogP contribution in [0.15, 0.2) is 24.3 Å². The Hall–Kier alpha value is -1.77. The first-order valence-corrected chi connectivity index (χ1v) is 6.76. The first-order valence-electron chi connectivity index (χ1n) is 6.76. The van der Waals surface area contributed by atoms with Crippen molar-refractivity contribution in [2.45, 2.75) is 32.6 Å². The third-order valence-corrected chi connectivity index (χ3v) is 4.63. The summed E-state index contributed by atoms with van der Waals surface area (Å²) in [5.41, 5.74) is 0.359. The van der Waals surface area contributed by atoms with Crippen molar-refractivity contribution >= 4 is 17.3 Å². The van der Waals surface area contributed by atoms with Crippen molar-refractivity contribution < 1.29 is 14.4 Å². The molecule has 1 atom stereocenters. The minimum atomic E-state index is -0.766. The van der Waals surface area contributed by atoms with Gasteiger partial charge in [0.2, 0.25) is 11.6 Å². The molecule has 98 valence electrons. The number of rotatable bonds is 1. The highest BCUT2D eigenvalue weighted by atomic mass is 16.2. The van der Waals surface area contributed by atoms with Crippen molar-refractivity contribution in [1.29, 1.82) is 0 Å². The lowest BCUT2D eigenvalue weighted by molar-refractivity contribution is -0.120. The monoisotopic (exact) mass is 256 g/mol. The van der Waals surface area contributed by atoms with Gasteiger partial charge in [-0.15, -0.1) is 0 Å². The van der Waals surface area contributed by atoms with Crippen LogP contribution in [0.2, 0.25) is 0 Å². The first-order chi connectivity index (χ1) is 9.04. The normalized spacial score (nSPS) is 25.5. The maximum absolute atomic E-state index is 12.6. The molecule has 0 radical (unpaired) electrons. The van der Waals surface area contributed by atoms with Crippen LogP contribution in [0.1, 0.15) is 53.3 Å². The Bertz CT molecular complexity index is 579. The van der Waals surface area contributed by atoms with Gasteiger partial charge in [0.25, 0.3) is 0 Å². The highest BCUT2D eigenvalue weighted by Crippen LogP contribution is 2.47. The molecule has 0 spiro atoms. The second-order valence-electron chi connectivity index (χ2n) is 5.90. The van der Waals surface area contributed by atoms with Crippen LogP contribution in [0.3, 0.4) is 0 Å². The van der Waals surface area contributed by atoms with Crippen LogP contribution >= 0.6 is 0 Å². The number of benzene rings is 1. The van der Waals surface area contributed by atoms with E-state index in [1.54, 1.807) is 24.3 Å². The number of ketones is 3. The summed E-state index contributed by atoms with van der Waals surface area (Å²) in [5.74, 6) is -1.93. The molecule has 0 saturated heterocycles. The molecule has 3 nitrogen and oxygen atoms in total. The van der Waals surface area contributed by atoms with E-state index in [4.69, 9.17) is 0 Å². The van der Waals surface area contributed by atoms with Gasteiger partial charge in [0.05, 0.1) is 5.92 Å². The van der Waals surface area contributed by atoms with E-state index in [-0.39, 0.29) is 16.8 Å². The second kappa shape index (κ2) is 4.12. The number of fused-ring (bicyclic) bond motifs is 1. The summed E-state index contributed by atoms with van der Waals surface area (Å²) < 4.78 is 0. The molecular weight excluding hydrogens is 240 g/mol. The quantitative estimate of drug-likeness (QED) is 0.573. The molecule has 19 heavy (non-hydrogen) atoms. The molecule has 0 aromatic heterocycles. The smallest absolute Gasteiger partial charge is 0.230 e. The lowest BCUT2D eigenvalue weighted by atomic mass is 9.66. The Morgan fingerprint density at radius 1 is 0.947 bits per heavy atom. The molecule has 0 aliphatic heterocycles. The highest BCUT2D eigenvalue weighted by molar-refractivity contribution is 6.52. The first kappa shape index (κ1) is 12.3. The summed E-state index contributed by atoms with van der Waals surface area (Å²) in [7, 11) is 0. The fraction of sp³-hybridized carbons (Fsp3) is 0.438. The van der Waals surface area contributed by atoms with Gasteiger partial charge in [0.1, 0.15) is 0 Å². The zero-order valence-electron chi connectivity index (χ0n) is 10.9. The highest BCUT2D eigenvalue weighted by Gasteiger charge is 2.50. The predicted molar refractivity (Wildman–Crippen MR) is 70.2 cm³/mol. The van der Waals surface area contributed by atoms with Gasteiger partial charge in [-0.25, -0.2) is 0 Å². The second-order valence-corrected chi connectivity index (χ2v) is 5.90. The molecule has 1 aromatic carbocycles. The zero-order chi connectivity index (χ0) is 13.6. The van der Waals surface area contributed by atoms with Crippen molar-refractivity contribution in [2.75, 3.05) is 0 Å². The SMILES string of the molecule is CC1(C2C(=O)C(=O)c3ccccc3C2=O)CCCC1. The van der Waals surface area contributed by atoms with Crippen LogP contribution < -0.4 is 0 Å². The fourth-order valence-electron chi connectivity index (χ4n) is 3.54. The molecule has 0 N–H and O–H groups in total. The molecule has 0 amide bonds. The Morgan fingerprint density at radius 2 is 1.53 bits per heavy atom. The molecule has 3 heteroatoms. The number of hydrogen-bond donors (Lipinski definition) is 0. The van der Waals surface area contributed by atoms with Crippen LogP contribution in [0, 0.1) is 11.3 Å². The minimum absolute atomic E-state index is 0.162. The third kappa shape index (κ3) is 1.68. The van der Waals surface area contributed by atoms with Crippen molar-refractivity contribution in [3.63, 3.8) is 0 Å². The van der Waals surface area contributed by atoms with Crippen LogP contribution in [0.25, 0.3) is 0 Å². The molecule has 1 fully saturated rings. The Labute approximate surface area is 112 Å². The van der Waals surface area contributed by atoms with Crippen LogP contribution in [0.4, 0.5) is 0 Å². The summed E-state index contributed by atoms with van der Waals surface area (Å²) in [6.07, 6.45) is 3.77. The van der Waals surface area contributed by atoms with Crippen molar-refractivity contribution in [3.05, 3.63) is 35.4 Å². The maximum Gasteiger partial charge on any atom is 0.230 e. The van der Waals surface area contributed by atoms with Crippen LogP contribution in [-0.2, 0) is 4.79 Å². The molecule has 1 saturated carbocycles. The fourth-order valence-corrected chi connectivity index (χ4v) is 3.54. The molecule has 1 unspecified atom stereocenters. The zero-order valence-corrected chi connectivity index (χ0v) is 10.9. The lowest BCUT2D eigenvalue weighted by Gasteiger charge is -2.34. The van der Waals surface area contributed by atoms with Crippen LogP contribution in [-0.4, -0.2) is 17.3 Å². The Morgan fingerprint density at radius 3 is 2.16 bits per heavy atom. The Balaban J connectivity index is 2.12. The predicted octanol–water partition coefficient (Wildman–Crippen LogP) is 2.83. The van der Waals surface area contributed by atoms with Gasteiger partial charge in [-0.3, -0.25) is 14.4 Å². The van der Waals surface area contributed by atoms with E-state index in [1.165, 1.54) is 0 Å². The third-order valence-electron chi connectivity index (χ3n) is 4.63. The van der Waals surface area contributed by atoms with Gasteiger partial charge in [0.15, 0.2) is 5.78 Å². The van der Waals surface area contributed by atoms with Gasteiger partial charge >= 0.3 is 0 Å². The molecule has 3 rings (SSSR count). The number of Topliss-reactive ketones (excluding diaryl/α,β-unsaturated/α-hetero) is 3. The van der Waals surface area contributed by atoms with Crippen molar-refractivity contribution in [1.82, 2.24) is 0 Å². The average Bonchev–Trinajstić information content (AvgIpc) is 2.84. The standard InChI is InChI=1S/C16H16O3/c1-16(8-4-5-9-16)12-13(17)10-6-2-3-7-11(10)14(18)15(12)19/h2-3,6-7,12H,4-5,8-9H2,1H3. The molecule has 0 heterocycles. The van der Waals surface area contributed by atoms with Gasteiger partial charge in [-0.1, -0.05) is 44.0 Å². The lowest BCUT2D eigenvalue weighted by Crippen LogP contribution is -2.45. The van der Waals surface area contributed by atoms with E-state index in [2.05, 4.69) is 0 Å². The summed E-state index contributed by atoms with van der Waals surface area (Å²) in [5, 5.41) is 0. The van der Waals surface area contributed by atoms with Gasteiger partial charge in [-0.05, 0) is 18.3 Å². The van der Waals surface area contributed by atoms with Gasteiger partial charge < -0.3 is 0 Å². The van der Waals surface area contributed by atoms with Gasteiger partial charge in [0, 0.05) is 11.1 Å². The van der Waals surface area contributed by atoms with E-state index in [0.717, 1.165) is 25.7 Å². The summed E-state index contributed by atoms with van der Waals surface area (Å²) in [6.45, 7) is 1.97. The number of hydrogen-bond acceptors (Lipinski definition) is 3. The van der Waals surface area contributed by atoms with E-state index in [0.29, 0.717) is 5.56 Å². The minimum Gasteiger partial charge on any atom is -0.293 e. The van der Waals surface area contributed by atoms with E-state index in [9.17, 15) is 14.4 Å². The summed E-state index contributed by atoms with van der Waals surface area (Å²) >= 11 is 0.